The van der Waals surface area contributed by atoms with Gasteiger partial charge in [-0.25, -0.2) is 4.99 Å². The van der Waals surface area contributed by atoms with E-state index in [2.05, 4.69) is 4.99 Å². The molecule has 0 aliphatic carbocycles. The van der Waals surface area contributed by atoms with Crippen LogP contribution in [0.5, 0.6) is 11.5 Å². The number of carbonyl (C=O) groups is 1. The maximum atomic E-state index is 11.0. The molecule has 92 valence electrons. The first kappa shape index (κ1) is 11.9. The molecule has 1 amide bonds. The van der Waals surface area contributed by atoms with Crippen molar-refractivity contribution in [3.63, 3.8) is 0 Å². The van der Waals surface area contributed by atoms with Gasteiger partial charge in [-0.3, -0.25) is 4.79 Å². The molecule has 18 heavy (non-hydrogen) atoms. The van der Waals surface area contributed by atoms with Gasteiger partial charge in [0.2, 0.25) is 5.91 Å². The summed E-state index contributed by atoms with van der Waals surface area (Å²) < 4.78 is 6.41. The second-order valence-electron chi connectivity index (χ2n) is 3.62. The molecule has 0 fully saturated rings. The van der Waals surface area contributed by atoms with E-state index in [-0.39, 0.29) is 5.91 Å². The number of aromatic nitrogens is 1. The lowest BCUT2D eigenvalue weighted by Gasteiger charge is -2.06. The Bertz CT molecular complexity index is 618. The zero-order valence-electron chi connectivity index (χ0n) is 9.78. The average Bonchev–Trinajstić information content (AvgIpc) is 2.33. The number of amides is 1. The zero-order valence-corrected chi connectivity index (χ0v) is 9.78. The Balaban J connectivity index is 2.43. The molecule has 0 spiro atoms. The Morgan fingerprint density at radius 3 is 2.67 bits per heavy atom. The van der Waals surface area contributed by atoms with Crippen molar-refractivity contribution >= 4 is 5.91 Å². The topological polar surface area (TPSA) is 63.8 Å². The Hall–Kier alpha value is -2.56. The van der Waals surface area contributed by atoms with Crippen molar-refractivity contribution in [3.05, 3.63) is 54.1 Å². The SMILES string of the molecule is CC(=O)N=c1ccn(O)cc1Oc1ccccc1. The molecule has 0 atom stereocenters. The molecule has 5 nitrogen and oxygen atoms in total. The van der Waals surface area contributed by atoms with Gasteiger partial charge in [0.05, 0.1) is 6.20 Å². The van der Waals surface area contributed by atoms with Crippen LogP contribution in [-0.4, -0.2) is 15.8 Å². The van der Waals surface area contributed by atoms with Crippen LogP contribution in [0.2, 0.25) is 0 Å². The van der Waals surface area contributed by atoms with Crippen molar-refractivity contribution in [2.24, 2.45) is 4.99 Å². The van der Waals surface area contributed by atoms with Gasteiger partial charge < -0.3 is 9.94 Å². The number of para-hydroxylation sites is 1. The largest absolute Gasteiger partial charge is 0.453 e. The Kier molecular flexibility index (Phi) is 3.43. The van der Waals surface area contributed by atoms with Gasteiger partial charge in [0, 0.05) is 13.1 Å². The van der Waals surface area contributed by atoms with Crippen LogP contribution in [0, 0.1) is 0 Å². The van der Waals surface area contributed by atoms with Crippen LogP contribution in [0.1, 0.15) is 6.92 Å². The van der Waals surface area contributed by atoms with Gasteiger partial charge in [-0.1, -0.05) is 18.2 Å². The third kappa shape index (κ3) is 2.98. The van der Waals surface area contributed by atoms with Gasteiger partial charge in [0.25, 0.3) is 0 Å². The summed E-state index contributed by atoms with van der Waals surface area (Å²) in [4.78, 5) is 14.8. The summed E-state index contributed by atoms with van der Waals surface area (Å²) in [5.74, 6) is 0.578. The minimum atomic E-state index is -0.330. The number of benzene rings is 1. The lowest BCUT2D eigenvalue weighted by Crippen LogP contribution is -2.10. The van der Waals surface area contributed by atoms with Crippen LogP contribution in [0.25, 0.3) is 0 Å². The van der Waals surface area contributed by atoms with E-state index in [9.17, 15) is 10.0 Å². The highest BCUT2D eigenvalue weighted by atomic mass is 16.5. The Morgan fingerprint density at radius 2 is 2.00 bits per heavy atom. The van der Waals surface area contributed by atoms with Gasteiger partial charge in [0.1, 0.15) is 11.1 Å². The number of nitrogens with zero attached hydrogens (tertiary/aromatic N) is 2. The number of pyridine rings is 1. The van der Waals surface area contributed by atoms with Crippen molar-refractivity contribution in [2.75, 3.05) is 0 Å². The number of carbonyl (C=O) groups excluding carboxylic acids is 1. The quantitative estimate of drug-likeness (QED) is 0.821. The molecule has 0 aliphatic heterocycles. The molecule has 0 saturated carbocycles. The maximum Gasteiger partial charge on any atom is 0.243 e. The number of hydrogen-bond acceptors (Lipinski definition) is 3. The molecule has 2 rings (SSSR count). The standard InChI is InChI=1S/C13H12N2O3/c1-10(16)14-12-7-8-15(17)9-13(12)18-11-5-3-2-4-6-11/h2-9,17H,1H3. The second kappa shape index (κ2) is 5.18. The van der Waals surface area contributed by atoms with Crippen molar-refractivity contribution in [1.82, 2.24) is 4.73 Å². The summed E-state index contributed by atoms with van der Waals surface area (Å²) in [6.07, 6.45) is 2.72. The molecule has 0 bridgehead atoms. The van der Waals surface area contributed by atoms with E-state index in [1.807, 2.05) is 18.2 Å². The van der Waals surface area contributed by atoms with Gasteiger partial charge in [-0.05, 0) is 18.2 Å². The van der Waals surface area contributed by atoms with Crippen LogP contribution >= 0.6 is 0 Å². The van der Waals surface area contributed by atoms with E-state index in [0.717, 1.165) is 4.73 Å². The second-order valence-corrected chi connectivity index (χ2v) is 3.62. The summed E-state index contributed by atoms with van der Waals surface area (Å²) in [7, 11) is 0. The van der Waals surface area contributed by atoms with Crippen LogP contribution in [0.4, 0.5) is 0 Å². The normalized spacial score (nSPS) is 11.3. The number of ether oxygens (including phenoxy) is 1. The van der Waals surface area contributed by atoms with Gasteiger partial charge in [-0.2, -0.15) is 4.73 Å². The fourth-order valence-electron chi connectivity index (χ4n) is 1.41. The minimum Gasteiger partial charge on any atom is -0.453 e. The molecule has 0 radical (unpaired) electrons. The smallest absolute Gasteiger partial charge is 0.243 e. The van der Waals surface area contributed by atoms with Gasteiger partial charge in [-0.15, -0.1) is 0 Å². The summed E-state index contributed by atoms with van der Waals surface area (Å²) >= 11 is 0. The highest BCUT2D eigenvalue weighted by Crippen LogP contribution is 2.16. The van der Waals surface area contributed by atoms with Gasteiger partial charge >= 0.3 is 0 Å². The van der Waals surface area contributed by atoms with E-state index in [0.29, 0.717) is 16.9 Å². The van der Waals surface area contributed by atoms with Crippen LogP contribution in [-0.2, 0) is 4.79 Å². The van der Waals surface area contributed by atoms with Crippen molar-refractivity contribution in [3.8, 4) is 11.5 Å². The molecule has 1 aromatic heterocycles. The highest BCUT2D eigenvalue weighted by Gasteiger charge is 2.02. The van der Waals surface area contributed by atoms with E-state index in [1.165, 1.54) is 25.4 Å². The van der Waals surface area contributed by atoms with E-state index in [4.69, 9.17) is 4.74 Å². The summed E-state index contributed by atoms with van der Waals surface area (Å²) in [6, 6.07) is 10.6. The van der Waals surface area contributed by atoms with Crippen LogP contribution < -0.4 is 10.1 Å². The Morgan fingerprint density at radius 1 is 1.28 bits per heavy atom. The molecular weight excluding hydrogens is 232 g/mol. The fourth-order valence-corrected chi connectivity index (χ4v) is 1.41. The minimum absolute atomic E-state index is 0.307. The molecular formula is C13H12N2O3. The molecule has 1 aromatic carbocycles. The first-order chi connectivity index (χ1) is 8.65. The molecule has 5 heteroatoms. The van der Waals surface area contributed by atoms with Crippen molar-refractivity contribution in [2.45, 2.75) is 6.92 Å². The van der Waals surface area contributed by atoms with Crippen LogP contribution in [0.3, 0.4) is 0 Å². The van der Waals surface area contributed by atoms with Crippen LogP contribution in [0.15, 0.2) is 53.8 Å². The maximum absolute atomic E-state index is 11.0. The predicted molar refractivity (Wildman–Crippen MR) is 64.4 cm³/mol. The molecule has 0 unspecified atom stereocenters. The lowest BCUT2D eigenvalue weighted by molar-refractivity contribution is -0.116. The van der Waals surface area contributed by atoms with E-state index in [1.54, 1.807) is 12.1 Å². The molecule has 2 aromatic rings. The fraction of sp³-hybridized carbons (Fsp3) is 0.0769. The first-order valence-corrected chi connectivity index (χ1v) is 5.35. The monoisotopic (exact) mass is 244 g/mol. The highest BCUT2D eigenvalue weighted by molar-refractivity contribution is 5.74. The van der Waals surface area contributed by atoms with Gasteiger partial charge in [0.15, 0.2) is 5.75 Å². The van der Waals surface area contributed by atoms with E-state index < -0.39 is 0 Å². The number of rotatable bonds is 2. The lowest BCUT2D eigenvalue weighted by atomic mass is 10.3. The molecule has 0 aliphatic rings. The molecule has 0 saturated heterocycles. The number of hydrogen-bond donors (Lipinski definition) is 1. The third-order valence-corrected chi connectivity index (χ3v) is 2.14. The predicted octanol–water partition coefficient (Wildman–Crippen LogP) is 1.96. The van der Waals surface area contributed by atoms with Crippen molar-refractivity contribution in [1.29, 1.82) is 0 Å². The summed E-state index contributed by atoms with van der Waals surface area (Å²) in [5.41, 5.74) is 0. The zero-order chi connectivity index (χ0) is 13.0. The summed E-state index contributed by atoms with van der Waals surface area (Å²) in [5, 5.41) is 9.73. The third-order valence-electron chi connectivity index (χ3n) is 2.14. The average molecular weight is 244 g/mol. The Labute approximate surface area is 104 Å². The molecule has 1 N–H and O–H groups in total. The van der Waals surface area contributed by atoms with E-state index >= 15 is 0 Å². The summed E-state index contributed by atoms with van der Waals surface area (Å²) in [6.45, 7) is 1.35. The first-order valence-electron chi connectivity index (χ1n) is 5.35. The van der Waals surface area contributed by atoms with Crippen molar-refractivity contribution < 1.29 is 14.7 Å². The molecule has 1 heterocycles.